The number of benzene rings is 1. The van der Waals surface area contributed by atoms with E-state index in [1.54, 1.807) is 23.1 Å². The molecule has 2 aliphatic rings. The molecule has 3 amide bonds. The number of halogens is 1. The van der Waals surface area contributed by atoms with Crippen LogP contribution in [0.3, 0.4) is 0 Å². The second kappa shape index (κ2) is 8.19. The minimum atomic E-state index is -0.359. The Kier molecular flexibility index (Phi) is 5.23. The van der Waals surface area contributed by atoms with Crippen molar-refractivity contribution in [2.75, 3.05) is 0 Å². The fourth-order valence-electron chi connectivity index (χ4n) is 4.47. The Hall–Kier alpha value is -3.13. The van der Waals surface area contributed by atoms with Crippen molar-refractivity contribution in [2.45, 2.75) is 44.8 Å². The van der Waals surface area contributed by atoms with Crippen LogP contribution >= 0.6 is 11.6 Å². The van der Waals surface area contributed by atoms with Gasteiger partial charge in [0.05, 0.1) is 23.7 Å². The van der Waals surface area contributed by atoms with E-state index in [9.17, 15) is 9.59 Å². The fourth-order valence-corrected chi connectivity index (χ4v) is 4.69. The number of aromatic nitrogens is 2. The van der Waals surface area contributed by atoms with Gasteiger partial charge < -0.3 is 13.8 Å². The van der Waals surface area contributed by atoms with Crippen molar-refractivity contribution in [3.05, 3.63) is 59.3 Å². The number of imide groups is 1. The fraction of sp³-hybridized carbons (Fsp3) is 0.364. The molecule has 9 heteroatoms. The first kappa shape index (κ1) is 19.8. The number of nitrogens with zero attached hydrogens (tertiary/aromatic N) is 4. The Bertz CT molecular complexity index is 1100. The number of urea groups is 1. The number of hydrogen-bond acceptors (Lipinski definition) is 6. The molecule has 0 N–H and O–H groups in total. The summed E-state index contributed by atoms with van der Waals surface area (Å²) in [6, 6.07) is 10.2. The van der Waals surface area contributed by atoms with E-state index in [1.807, 2.05) is 18.2 Å². The summed E-state index contributed by atoms with van der Waals surface area (Å²) in [5, 5.41) is 4.55. The third kappa shape index (κ3) is 3.72. The molecule has 1 saturated carbocycles. The van der Waals surface area contributed by atoms with Crippen LogP contribution in [0.15, 0.2) is 51.6 Å². The van der Waals surface area contributed by atoms with Crippen LogP contribution in [0.5, 0.6) is 0 Å². The maximum absolute atomic E-state index is 13.3. The Balaban J connectivity index is 1.42. The van der Waals surface area contributed by atoms with Gasteiger partial charge in [-0.25, -0.2) is 4.79 Å². The molecular formula is C22H21ClN4O4. The summed E-state index contributed by atoms with van der Waals surface area (Å²) in [5.41, 5.74) is 0.661. The van der Waals surface area contributed by atoms with Crippen molar-refractivity contribution in [2.24, 2.45) is 5.92 Å². The normalized spacial score (nSPS) is 21.5. The van der Waals surface area contributed by atoms with Crippen LogP contribution in [0.4, 0.5) is 4.79 Å². The van der Waals surface area contributed by atoms with Gasteiger partial charge in [-0.15, -0.1) is 0 Å². The summed E-state index contributed by atoms with van der Waals surface area (Å²) in [5.74, 6) is 0.875. The van der Waals surface area contributed by atoms with Crippen molar-refractivity contribution >= 4 is 23.5 Å². The van der Waals surface area contributed by atoms with Crippen molar-refractivity contribution in [1.29, 1.82) is 0 Å². The van der Waals surface area contributed by atoms with E-state index in [0.717, 1.165) is 25.7 Å². The van der Waals surface area contributed by atoms with Crippen molar-refractivity contribution in [3.63, 3.8) is 0 Å². The van der Waals surface area contributed by atoms with Gasteiger partial charge >= 0.3 is 6.03 Å². The number of carbonyl (C=O) groups is 2. The smallest absolute Gasteiger partial charge is 0.327 e. The molecule has 1 saturated heterocycles. The highest BCUT2D eigenvalue weighted by molar-refractivity contribution is 6.33. The molecule has 5 rings (SSSR count). The van der Waals surface area contributed by atoms with E-state index in [0.29, 0.717) is 28.1 Å². The van der Waals surface area contributed by atoms with Crippen LogP contribution in [0.25, 0.3) is 11.4 Å². The molecule has 160 valence electrons. The van der Waals surface area contributed by atoms with Crippen LogP contribution in [0, 0.1) is 5.92 Å². The largest absolute Gasteiger partial charge is 0.467 e. The highest BCUT2D eigenvalue weighted by Gasteiger charge is 2.47. The maximum Gasteiger partial charge on any atom is 0.327 e. The predicted molar refractivity (Wildman–Crippen MR) is 111 cm³/mol. The molecule has 31 heavy (non-hydrogen) atoms. The molecule has 2 aromatic heterocycles. The molecule has 2 unspecified atom stereocenters. The van der Waals surface area contributed by atoms with Gasteiger partial charge in [0.2, 0.25) is 17.6 Å². The summed E-state index contributed by atoms with van der Waals surface area (Å²) in [6.07, 6.45) is 5.02. The van der Waals surface area contributed by atoms with E-state index in [2.05, 4.69) is 10.1 Å². The highest BCUT2D eigenvalue weighted by Crippen LogP contribution is 2.36. The van der Waals surface area contributed by atoms with Crippen molar-refractivity contribution in [1.82, 2.24) is 19.9 Å². The van der Waals surface area contributed by atoms with E-state index in [1.165, 1.54) is 11.2 Å². The van der Waals surface area contributed by atoms with Gasteiger partial charge in [0.15, 0.2) is 0 Å². The zero-order chi connectivity index (χ0) is 21.4. The third-order valence-corrected chi connectivity index (χ3v) is 6.30. The third-order valence-electron chi connectivity index (χ3n) is 5.97. The number of carbonyl (C=O) groups excluding carboxylic acids is 2. The van der Waals surface area contributed by atoms with E-state index >= 15 is 0 Å². The zero-order valence-corrected chi connectivity index (χ0v) is 17.5. The molecule has 0 bridgehead atoms. The van der Waals surface area contributed by atoms with E-state index in [4.69, 9.17) is 20.5 Å². The summed E-state index contributed by atoms with van der Waals surface area (Å²) < 4.78 is 10.8. The van der Waals surface area contributed by atoms with E-state index in [-0.39, 0.29) is 37.0 Å². The van der Waals surface area contributed by atoms with Crippen molar-refractivity contribution in [3.8, 4) is 11.4 Å². The van der Waals surface area contributed by atoms with Gasteiger partial charge in [0.25, 0.3) is 0 Å². The molecule has 3 aromatic rings. The van der Waals surface area contributed by atoms with Gasteiger partial charge in [-0.3, -0.25) is 9.69 Å². The van der Waals surface area contributed by atoms with Crippen LogP contribution in [-0.4, -0.2) is 37.9 Å². The molecule has 1 aromatic carbocycles. The maximum atomic E-state index is 13.3. The first-order chi connectivity index (χ1) is 15.1. The lowest BCUT2D eigenvalue weighted by Crippen LogP contribution is -2.61. The number of fused-ring (bicyclic) bond motifs is 1. The molecule has 0 radical (unpaired) electrons. The number of rotatable bonds is 5. The number of furan rings is 1. The van der Waals surface area contributed by atoms with Crippen LogP contribution in [0.2, 0.25) is 5.02 Å². The first-order valence-corrected chi connectivity index (χ1v) is 10.7. The van der Waals surface area contributed by atoms with Gasteiger partial charge in [0.1, 0.15) is 12.3 Å². The Labute approximate surface area is 183 Å². The quantitative estimate of drug-likeness (QED) is 0.579. The van der Waals surface area contributed by atoms with Crippen LogP contribution in [0.1, 0.15) is 37.3 Å². The molecule has 3 heterocycles. The van der Waals surface area contributed by atoms with E-state index < -0.39 is 0 Å². The van der Waals surface area contributed by atoms with Gasteiger partial charge in [-0.2, -0.15) is 4.98 Å². The Morgan fingerprint density at radius 2 is 1.90 bits per heavy atom. The monoisotopic (exact) mass is 440 g/mol. The topological polar surface area (TPSA) is 92.7 Å². The first-order valence-electron chi connectivity index (χ1n) is 10.3. The molecule has 1 aliphatic carbocycles. The second-order valence-electron chi connectivity index (χ2n) is 7.86. The lowest BCUT2D eigenvalue weighted by Gasteiger charge is -2.46. The standard InChI is InChI=1S/C22H21ClN4O4/c23-17-9-3-1-7-15(17)20-24-19(31-25-20)13-26-18-10-4-2-8-16(18)21(28)27(22(26)29)12-14-6-5-11-30-14/h1,3,5-7,9,11,16,18H,2,4,8,10,12-13H2. The highest BCUT2D eigenvalue weighted by atomic mass is 35.5. The van der Waals surface area contributed by atoms with Gasteiger partial charge in [-0.1, -0.05) is 41.7 Å². The Morgan fingerprint density at radius 3 is 2.71 bits per heavy atom. The van der Waals surface area contributed by atoms with Gasteiger partial charge in [0, 0.05) is 11.6 Å². The molecule has 0 spiro atoms. The van der Waals surface area contributed by atoms with Crippen molar-refractivity contribution < 1.29 is 18.5 Å². The predicted octanol–water partition coefficient (Wildman–Crippen LogP) is 4.51. The molecule has 2 atom stereocenters. The van der Waals surface area contributed by atoms with Crippen LogP contribution in [-0.2, 0) is 17.9 Å². The summed E-state index contributed by atoms with van der Waals surface area (Å²) in [6.45, 7) is 0.248. The Morgan fingerprint density at radius 1 is 1.06 bits per heavy atom. The minimum Gasteiger partial charge on any atom is -0.467 e. The average Bonchev–Trinajstić information content (AvgIpc) is 3.47. The molecule has 2 fully saturated rings. The van der Waals surface area contributed by atoms with Gasteiger partial charge in [-0.05, 0) is 37.1 Å². The SMILES string of the molecule is O=C1C2CCCCC2N(Cc2nc(-c3ccccc3Cl)no2)C(=O)N1Cc1ccco1. The summed E-state index contributed by atoms with van der Waals surface area (Å²) in [4.78, 5) is 33.8. The second-order valence-corrected chi connectivity index (χ2v) is 8.27. The molecule has 8 nitrogen and oxygen atoms in total. The minimum absolute atomic E-state index is 0.110. The molecular weight excluding hydrogens is 420 g/mol. The molecule has 1 aliphatic heterocycles. The lowest BCUT2D eigenvalue weighted by atomic mass is 9.81. The summed E-state index contributed by atoms with van der Waals surface area (Å²) >= 11 is 6.24. The number of amides is 3. The number of hydrogen-bond donors (Lipinski definition) is 0. The zero-order valence-electron chi connectivity index (χ0n) is 16.7. The average molecular weight is 441 g/mol. The lowest BCUT2D eigenvalue weighted by molar-refractivity contribution is -0.141. The van der Waals surface area contributed by atoms with Crippen LogP contribution < -0.4 is 0 Å². The summed E-state index contributed by atoms with van der Waals surface area (Å²) in [7, 11) is 0.